The summed E-state index contributed by atoms with van der Waals surface area (Å²) < 4.78 is 5.47. The molecule has 0 radical (unpaired) electrons. The molecule has 4 heterocycles. The van der Waals surface area contributed by atoms with Gasteiger partial charge in [0.25, 0.3) is 0 Å². The number of hydrogen-bond donors (Lipinski definition) is 0. The van der Waals surface area contributed by atoms with E-state index in [0.29, 0.717) is 6.61 Å². The Balaban J connectivity index is 1.64. The highest BCUT2D eigenvalue weighted by molar-refractivity contribution is 7.99. The summed E-state index contributed by atoms with van der Waals surface area (Å²) in [4.78, 5) is 25.0. The maximum Gasteiger partial charge on any atom is 0.308 e. The van der Waals surface area contributed by atoms with Crippen LogP contribution >= 0.6 is 23.1 Å². The van der Waals surface area contributed by atoms with Crippen LogP contribution in [0.25, 0.3) is 32.6 Å². The molecule has 0 aliphatic carbocycles. The SMILES string of the molecule is CCOC(=O)CC1c2sc3nnc(-c4ccccc4)c(-c4ccccc4)c3c2N=C(N2CCSCC2)N1C(C)C. The number of guanidine groups is 1. The third-order valence-electron chi connectivity index (χ3n) is 7.32. The topological polar surface area (TPSA) is 70.9 Å². The minimum absolute atomic E-state index is 0.144. The van der Waals surface area contributed by atoms with Crippen LogP contribution in [-0.4, -0.2) is 69.2 Å². The summed E-state index contributed by atoms with van der Waals surface area (Å²) in [5.74, 6) is 2.86. The van der Waals surface area contributed by atoms with Crippen LogP contribution in [0.4, 0.5) is 5.69 Å². The molecule has 2 aliphatic rings. The molecule has 1 saturated heterocycles. The van der Waals surface area contributed by atoms with Gasteiger partial charge in [-0.25, -0.2) is 4.99 Å². The number of ether oxygens (including phenoxy) is 1. The second-order valence-corrected chi connectivity index (χ2v) is 12.4. The van der Waals surface area contributed by atoms with Gasteiger partial charge in [0.05, 0.1) is 29.6 Å². The van der Waals surface area contributed by atoms with Gasteiger partial charge in [-0.15, -0.1) is 21.5 Å². The summed E-state index contributed by atoms with van der Waals surface area (Å²) in [5.41, 5.74) is 4.85. The van der Waals surface area contributed by atoms with Gasteiger partial charge in [-0.1, -0.05) is 60.7 Å². The first kappa shape index (κ1) is 26.8. The number of nitrogens with zero attached hydrogens (tertiary/aromatic N) is 5. The first-order valence-electron chi connectivity index (χ1n) is 13.9. The normalized spacial score (nSPS) is 17.2. The Bertz CT molecular complexity index is 1530. The molecule has 2 aliphatic heterocycles. The number of esters is 1. The fourth-order valence-corrected chi connectivity index (χ4v) is 7.66. The Morgan fingerprint density at radius 1 is 1.00 bits per heavy atom. The fourth-order valence-electron chi connectivity index (χ4n) is 5.59. The highest BCUT2D eigenvalue weighted by Gasteiger charge is 2.39. The van der Waals surface area contributed by atoms with Crippen molar-refractivity contribution in [3.63, 3.8) is 0 Å². The summed E-state index contributed by atoms with van der Waals surface area (Å²) in [5, 5.41) is 10.5. The summed E-state index contributed by atoms with van der Waals surface area (Å²) in [7, 11) is 0. The van der Waals surface area contributed by atoms with Gasteiger partial charge in [0.1, 0.15) is 10.5 Å². The van der Waals surface area contributed by atoms with Gasteiger partial charge in [-0.2, -0.15) is 11.8 Å². The minimum Gasteiger partial charge on any atom is -0.466 e. The van der Waals surface area contributed by atoms with Crippen LogP contribution in [0.1, 0.15) is 38.1 Å². The second-order valence-electron chi connectivity index (χ2n) is 10.2. The zero-order valence-corrected chi connectivity index (χ0v) is 24.7. The lowest BCUT2D eigenvalue weighted by Gasteiger charge is -2.44. The van der Waals surface area contributed by atoms with Crippen molar-refractivity contribution in [3.8, 4) is 22.4 Å². The van der Waals surface area contributed by atoms with Crippen LogP contribution in [0.5, 0.6) is 0 Å². The summed E-state index contributed by atoms with van der Waals surface area (Å²) >= 11 is 3.57. The van der Waals surface area contributed by atoms with Crippen LogP contribution in [0.15, 0.2) is 65.7 Å². The van der Waals surface area contributed by atoms with E-state index in [1.165, 1.54) is 0 Å². The lowest BCUT2D eigenvalue weighted by molar-refractivity contribution is -0.144. The predicted molar refractivity (Wildman–Crippen MR) is 165 cm³/mol. The van der Waals surface area contributed by atoms with Gasteiger partial charge in [-0.3, -0.25) is 4.79 Å². The quantitative estimate of drug-likeness (QED) is 0.236. The van der Waals surface area contributed by atoms with Gasteiger partial charge in [0.2, 0.25) is 5.96 Å². The number of aromatic nitrogens is 2. The Hall–Kier alpha value is -3.43. The number of carbonyl (C=O) groups is 1. The first-order valence-corrected chi connectivity index (χ1v) is 15.8. The van der Waals surface area contributed by atoms with Crippen LogP contribution < -0.4 is 0 Å². The van der Waals surface area contributed by atoms with Crippen LogP contribution in [0.2, 0.25) is 0 Å². The third kappa shape index (κ3) is 4.97. The Morgan fingerprint density at radius 3 is 2.33 bits per heavy atom. The standard InChI is InChI=1S/C31H33N5O2S2/c1-4-38-24(37)19-23-29-28(32-31(36(23)20(2)3)35-15-17-39-18-16-35)26-25(21-11-7-5-8-12-21)27(33-34-30(26)40-29)22-13-9-6-10-14-22/h5-14,20,23H,4,15-19H2,1-3H3. The molecule has 6 rings (SSSR count). The number of fused-ring (bicyclic) bond motifs is 3. The van der Waals surface area contributed by atoms with Gasteiger partial charge in [0.15, 0.2) is 0 Å². The first-order chi connectivity index (χ1) is 19.6. The molecule has 206 valence electrons. The Kier molecular flexibility index (Phi) is 7.76. The zero-order valence-electron chi connectivity index (χ0n) is 23.0. The molecule has 9 heteroatoms. The van der Waals surface area contributed by atoms with Gasteiger partial charge >= 0.3 is 5.97 Å². The maximum absolute atomic E-state index is 13.0. The van der Waals surface area contributed by atoms with Crippen LogP contribution in [-0.2, 0) is 9.53 Å². The van der Waals surface area contributed by atoms with Crippen molar-refractivity contribution in [2.24, 2.45) is 4.99 Å². The monoisotopic (exact) mass is 571 g/mol. The number of aliphatic imine (C=N–C) groups is 1. The average Bonchev–Trinajstić information content (AvgIpc) is 3.36. The van der Waals surface area contributed by atoms with Crippen molar-refractivity contribution in [3.05, 3.63) is 65.5 Å². The van der Waals surface area contributed by atoms with Crippen molar-refractivity contribution in [2.45, 2.75) is 39.3 Å². The lowest BCUT2D eigenvalue weighted by Crippen LogP contribution is -2.52. The van der Waals surface area contributed by atoms with Gasteiger partial charge in [0, 0.05) is 47.2 Å². The molecule has 2 aromatic carbocycles. The number of thiophene rings is 1. The molecule has 0 saturated carbocycles. The predicted octanol–water partition coefficient (Wildman–Crippen LogP) is 6.78. The zero-order chi connectivity index (χ0) is 27.6. The minimum atomic E-state index is -0.198. The smallest absolute Gasteiger partial charge is 0.308 e. The molecule has 1 atom stereocenters. The average molecular weight is 572 g/mol. The summed E-state index contributed by atoms with van der Waals surface area (Å²) in [6.07, 6.45) is 0.257. The van der Waals surface area contributed by atoms with E-state index in [9.17, 15) is 4.79 Å². The molecular weight excluding hydrogens is 539 g/mol. The highest BCUT2D eigenvalue weighted by Crippen LogP contribution is 2.51. The van der Waals surface area contributed by atoms with E-state index in [1.807, 2.05) is 43.0 Å². The molecule has 7 nitrogen and oxygen atoms in total. The van der Waals surface area contributed by atoms with Gasteiger partial charge in [-0.05, 0) is 26.3 Å². The van der Waals surface area contributed by atoms with Crippen LogP contribution in [0.3, 0.4) is 0 Å². The highest BCUT2D eigenvalue weighted by atomic mass is 32.2. The summed E-state index contributed by atoms with van der Waals surface area (Å²) in [6, 6.07) is 20.6. The largest absolute Gasteiger partial charge is 0.466 e. The molecular formula is C31H33N5O2S2. The van der Waals surface area contributed by atoms with E-state index in [4.69, 9.17) is 19.9 Å². The second kappa shape index (κ2) is 11.6. The lowest BCUT2D eigenvalue weighted by atomic mass is 9.95. The van der Waals surface area contributed by atoms with Crippen molar-refractivity contribution >= 4 is 50.9 Å². The fraction of sp³-hybridized carbons (Fsp3) is 0.355. The number of benzene rings is 2. The molecule has 2 aromatic heterocycles. The number of rotatable bonds is 6. The van der Waals surface area contributed by atoms with Crippen molar-refractivity contribution < 1.29 is 9.53 Å². The molecule has 0 N–H and O–H groups in total. The molecule has 40 heavy (non-hydrogen) atoms. The Morgan fingerprint density at radius 2 is 1.68 bits per heavy atom. The molecule has 0 spiro atoms. The van der Waals surface area contributed by atoms with Crippen LogP contribution in [0, 0.1) is 0 Å². The molecule has 1 fully saturated rings. The van der Waals surface area contributed by atoms with E-state index in [-0.39, 0.29) is 24.5 Å². The van der Waals surface area contributed by atoms with Crippen molar-refractivity contribution in [1.29, 1.82) is 0 Å². The molecule has 0 amide bonds. The van der Waals surface area contributed by atoms with E-state index in [2.05, 4.69) is 60.0 Å². The van der Waals surface area contributed by atoms with E-state index in [1.54, 1.807) is 11.3 Å². The maximum atomic E-state index is 13.0. The molecule has 1 unspecified atom stereocenters. The number of hydrogen-bond acceptors (Lipinski definition) is 9. The molecule has 4 aromatic rings. The summed E-state index contributed by atoms with van der Waals surface area (Å²) in [6.45, 7) is 8.42. The number of carbonyl (C=O) groups excluding carboxylic acids is 1. The molecule has 0 bridgehead atoms. The van der Waals surface area contributed by atoms with E-state index in [0.717, 1.165) is 73.7 Å². The number of thioether (sulfide) groups is 1. The van der Waals surface area contributed by atoms with E-state index < -0.39 is 0 Å². The Labute approximate surface area is 243 Å². The third-order valence-corrected chi connectivity index (χ3v) is 9.43. The van der Waals surface area contributed by atoms with Crippen molar-refractivity contribution in [2.75, 3.05) is 31.2 Å². The van der Waals surface area contributed by atoms with Gasteiger partial charge < -0.3 is 14.5 Å². The van der Waals surface area contributed by atoms with Crippen molar-refractivity contribution in [1.82, 2.24) is 20.0 Å². The van der Waals surface area contributed by atoms with E-state index >= 15 is 0 Å².